The predicted octanol–water partition coefficient (Wildman–Crippen LogP) is 1.85. The highest BCUT2D eigenvalue weighted by Crippen LogP contribution is 2.14. The molecule has 1 amide bonds. The van der Waals surface area contributed by atoms with Crippen molar-refractivity contribution in [2.24, 2.45) is 0 Å². The summed E-state index contributed by atoms with van der Waals surface area (Å²) >= 11 is 0. The zero-order valence-electron chi connectivity index (χ0n) is 11.2. The predicted molar refractivity (Wildman–Crippen MR) is 68.1 cm³/mol. The van der Waals surface area contributed by atoms with Crippen LogP contribution in [0.2, 0.25) is 0 Å². The number of carbonyl (C=O) groups excluding carboxylic acids is 1. The first-order valence-electron chi connectivity index (χ1n) is 5.88. The first-order chi connectivity index (χ1) is 8.90. The van der Waals surface area contributed by atoms with Crippen LogP contribution >= 0.6 is 0 Å². The van der Waals surface area contributed by atoms with Crippen LogP contribution in [0.3, 0.4) is 0 Å². The van der Waals surface area contributed by atoms with Crippen LogP contribution in [0.1, 0.15) is 12.5 Å². The SMILES string of the molecule is CC(NCc1ccc(OC(F)F)cc1)C(=O)N(C)C. The number of rotatable bonds is 6. The minimum Gasteiger partial charge on any atom is -0.435 e. The number of nitrogens with one attached hydrogen (secondary N) is 1. The van der Waals surface area contributed by atoms with E-state index >= 15 is 0 Å². The van der Waals surface area contributed by atoms with Gasteiger partial charge in [-0.05, 0) is 24.6 Å². The number of hydrogen-bond donors (Lipinski definition) is 1. The summed E-state index contributed by atoms with van der Waals surface area (Å²) in [5.41, 5.74) is 0.889. The maximum absolute atomic E-state index is 12.0. The Morgan fingerprint density at radius 3 is 2.37 bits per heavy atom. The Morgan fingerprint density at radius 2 is 1.89 bits per heavy atom. The lowest BCUT2D eigenvalue weighted by molar-refractivity contribution is -0.130. The second-order valence-corrected chi connectivity index (χ2v) is 4.36. The Hall–Kier alpha value is -1.69. The molecule has 4 nitrogen and oxygen atoms in total. The molecule has 0 saturated carbocycles. The molecule has 0 aliphatic rings. The molecule has 0 bridgehead atoms. The third kappa shape index (κ3) is 5.21. The van der Waals surface area contributed by atoms with Crippen LogP contribution in [0, 0.1) is 0 Å². The van der Waals surface area contributed by atoms with E-state index in [1.54, 1.807) is 33.2 Å². The quantitative estimate of drug-likeness (QED) is 0.859. The van der Waals surface area contributed by atoms with Crippen molar-refractivity contribution in [3.05, 3.63) is 29.8 Å². The van der Waals surface area contributed by atoms with Crippen molar-refractivity contribution in [3.63, 3.8) is 0 Å². The van der Waals surface area contributed by atoms with Crippen molar-refractivity contribution in [3.8, 4) is 5.75 Å². The number of halogens is 2. The molecule has 1 unspecified atom stereocenters. The lowest BCUT2D eigenvalue weighted by atomic mass is 10.2. The molecular weight excluding hydrogens is 254 g/mol. The number of nitrogens with zero attached hydrogens (tertiary/aromatic N) is 1. The summed E-state index contributed by atoms with van der Waals surface area (Å²) < 4.78 is 28.2. The molecule has 0 spiro atoms. The van der Waals surface area contributed by atoms with Crippen LogP contribution < -0.4 is 10.1 Å². The van der Waals surface area contributed by atoms with Gasteiger partial charge in [0.15, 0.2) is 0 Å². The number of hydrogen-bond acceptors (Lipinski definition) is 3. The smallest absolute Gasteiger partial charge is 0.387 e. The molecule has 1 rings (SSSR count). The van der Waals surface area contributed by atoms with Gasteiger partial charge in [-0.15, -0.1) is 0 Å². The largest absolute Gasteiger partial charge is 0.435 e. The molecule has 19 heavy (non-hydrogen) atoms. The van der Waals surface area contributed by atoms with Gasteiger partial charge in [0.05, 0.1) is 6.04 Å². The van der Waals surface area contributed by atoms with E-state index in [0.29, 0.717) is 6.54 Å². The van der Waals surface area contributed by atoms with Gasteiger partial charge < -0.3 is 15.0 Å². The number of likely N-dealkylation sites (N-methyl/N-ethyl adjacent to an activating group) is 1. The third-order valence-electron chi connectivity index (χ3n) is 2.57. The number of benzene rings is 1. The Labute approximate surface area is 111 Å². The van der Waals surface area contributed by atoms with Crippen LogP contribution in [0.15, 0.2) is 24.3 Å². The molecular formula is C13H18F2N2O2. The van der Waals surface area contributed by atoms with Gasteiger partial charge in [0, 0.05) is 20.6 Å². The van der Waals surface area contributed by atoms with Gasteiger partial charge in [0.1, 0.15) is 5.75 Å². The van der Waals surface area contributed by atoms with Crippen molar-refractivity contribution in [2.45, 2.75) is 26.1 Å². The summed E-state index contributed by atoms with van der Waals surface area (Å²) in [6, 6.07) is 6.00. The van der Waals surface area contributed by atoms with Gasteiger partial charge in [0.25, 0.3) is 0 Å². The Bertz CT molecular complexity index is 408. The Morgan fingerprint density at radius 1 is 1.32 bits per heavy atom. The first kappa shape index (κ1) is 15.4. The van der Waals surface area contributed by atoms with Gasteiger partial charge in [-0.25, -0.2) is 0 Å². The second-order valence-electron chi connectivity index (χ2n) is 4.36. The summed E-state index contributed by atoms with van der Waals surface area (Å²) in [5.74, 6) is 0.105. The van der Waals surface area contributed by atoms with Crippen molar-refractivity contribution in [1.82, 2.24) is 10.2 Å². The van der Waals surface area contributed by atoms with E-state index in [1.165, 1.54) is 17.0 Å². The average molecular weight is 272 g/mol. The minimum absolute atomic E-state index is 0.0161. The summed E-state index contributed by atoms with van der Waals surface area (Å²) in [4.78, 5) is 13.1. The molecule has 0 aromatic heterocycles. The van der Waals surface area contributed by atoms with Crippen LogP contribution in [0.5, 0.6) is 5.75 Å². The molecule has 0 aliphatic carbocycles. The van der Waals surface area contributed by atoms with E-state index in [1.807, 2.05) is 0 Å². The Balaban J connectivity index is 2.48. The lowest BCUT2D eigenvalue weighted by Crippen LogP contribution is -2.41. The van der Waals surface area contributed by atoms with Crippen molar-refractivity contribution < 1.29 is 18.3 Å². The van der Waals surface area contributed by atoms with Crippen LogP contribution in [-0.4, -0.2) is 37.6 Å². The highest BCUT2D eigenvalue weighted by atomic mass is 19.3. The zero-order chi connectivity index (χ0) is 14.4. The minimum atomic E-state index is -2.82. The molecule has 0 saturated heterocycles. The maximum atomic E-state index is 12.0. The average Bonchev–Trinajstić information content (AvgIpc) is 2.35. The first-order valence-corrected chi connectivity index (χ1v) is 5.88. The fraction of sp³-hybridized carbons (Fsp3) is 0.462. The van der Waals surface area contributed by atoms with Gasteiger partial charge >= 0.3 is 6.61 Å². The number of carbonyl (C=O) groups is 1. The van der Waals surface area contributed by atoms with E-state index in [9.17, 15) is 13.6 Å². The van der Waals surface area contributed by atoms with Crippen molar-refractivity contribution in [1.29, 1.82) is 0 Å². The molecule has 0 heterocycles. The fourth-order valence-electron chi connectivity index (χ4n) is 1.53. The third-order valence-corrected chi connectivity index (χ3v) is 2.57. The molecule has 1 atom stereocenters. The lowest BCUT2D eigenvalue weighted by Gasteiger charge is -2.18. The molecule has 106 valence electrons. The summed E-state index contributed by atoms with van der Waals surface area (Å²) in [6.45, 7) is -0.562. The summed E-state index contributed by atoms with van der Waals surface area (Å²) in [7, 11) is 3.38. The van der Waals surface area contributed by atoms with E-state index in [4.69, 9.17) is 0 Å². The number of alkyl halides is 2. The monoisotopic (exact) mass is 272 g/mol. The van der Waals surface area contributed by atoms with E-state index in [2.05, 4.69) is 10.1 Å². The van der Waals surface area contributed by atoms with E-state index in [0.717, 1.165) is 5.56 Å². The molecule has 1 N–H and O–H groups in total. The van der Waals surface area contributed by atoms with Gasteiger partial charge in [-0.3, -0.25) is 4.79 Å². The van der Waals surface area contributed by atoms with Crippen LogP contribution in [-0.2, 0) is 11.3 Å². The standard InChI is InChI=1S/C13H18F2N2O2/c1-9(12(18)17(2)3)16-8-10-4-6-11(7-5-10)19-13(14)15/h4-7,9,13,16H,8H2,1-3H3. The maximum Gasteiger partial charge on any atom is 0.387 e. The molecule has 6 heteroatoms. The molecule has 1 aromatic carbocycles. The molecule has 1 aromatic rings. The molecule has 0 fully saturated rings. The molecule has 0 radical (unpaired) electrons. The topological polar surface area (TPSA) is 41.6 Å². The normalized spacial score (nSPS) is 12.3. The van der Waals surface area contributed by atoms with Gasteiger partial charge in [0.2, 0.25) is 5.91 Å². The second kappa shape index (κ2) is 7.04. The van der Waals surface area contributed by atoms with Crippen molar-refractivity contribution >= 4 is 5.91 Å². The summed E-state index contributed by atoms with van der Waals surface area (Å²) in [5, 5.41) is 3.06. The van der Waals surface area contributed by atoms with Crippen molar-refractivity contribution in [2.75, 3.05) is 14.1 Å². The van der Waals surface area contributed by atoms with Crippen LogP contribution in [0.25, 0.3) is 0 Å². The highest BCUT2D eigenvalue weighted by molar-refractivity contribution is 5.80. The highest BCUT2D eigenvalue weighted by Gasteiger charge is 2.13. The zero-order valence-corrected chi connectivity index (χ0v) is 11.2. The van der Waals surface area contributed by atoms with E-state index in [-0.39, 0.29) is 17.7 Å². The Kier molecular flexibility index (Phi) is 5.69. The molecule has 0 aliphatic heterocycles. The number of amides is 1. The van der Waals surface area contributed by atoms with Gasteiger partial charge in [-0.1, -0.05) is 12.1 Å². The van der Waals surface area contributed by atoms with Crippen LogP contribution in [0.4, 0.5) is 8.78 Å². The van der Waals surface area contributed by atoms with E-state index < -0.39 is 6.61 Å². The summed E-state index contributed by atoms with van der Waals surface area (Å²) in [6.07, 6.45) is 0. The number of ether oxygens (including phenoxy) is 1. The van der Waals surface area contributed by atoms with Gasteiger partial charge in [-0.2, -0.15) is 8.78 Å². The fourth-order valence-corrected chi connectivity index (χ4v) is 1.53.